The van der Waals surface area contributed by atoms with E-state index in [1.54, 1.807) is 17.9 Å². The summed E-state index contributed by atoms with van der Waals surface area (Å²) in [5.41, 5.74) is 5.94. The molecule has 1 aromatic heterocycles. The van der Waals surface area contributed by atoms with Crippen molar-refractivity contribution in [3.05, 3.63) is 41.2 Å². The minimum Gasteiger partial charge on any atom is -0.507 e. The van der Waals surface area contributed by atoms with E-state index >= 15 is 0 Å². The van der Waals surface area contributed by atoms with E-state index < -0.39 is 11.7 Å². The number of hydrogen-bond acceptors (Lipinski definition) is 6. The smallest absolute Gasteiger partial charge is 0.273 e. The lowest BCUT2D eigenvalue weighted by Crippen LogP contribution is -2.37. The molecule has 0 aliphatic carbocycles. The van der Waals surface area contributed by atoms with Crippen LogP contribution in [0.1, 0.15) is 15.9 Å². The van der Waals surface area contributed by atoms with Gasteiger partial charge < -0.3 is 14.7 Å². The van der Waals surface area contributed by atoms with E-state index in [4.69, 9.17) is 12.6 Å². The molecule has 3 N–H and O–H groups in total. The van der Waals surface area contributed by atoms with Gasteiger partial charge in [0.05, 0.1) is 18.8 Å². The Labute approximate surface area is 151 Å². The zero-order valence-electron chi connectivity index (χ0n) is 14.3. The predicted molar refractivity (Wildman–Crippen MR) is 96.5 cm³/mol. The Bertz CT molecular complexity index is 828. The first-order chi connectivity index (χ1) is 12.5. The van der Waals surface area contributed by atoms with Crippen LogP contribution in [0, 0.1) is 12.7 Å². The number of aromatic nitrogens is 1. The highest BCUT2D eigenvalue weighted by molar-refractivity contribution is 6.33. The van der Waals surface area contributed by atoms with Crippen molar-refractivity contribution in [2.24, 2.45) is 0 Å². The van der Waals surface area contributed by atoms with Gasteiger partial charge >= 0.3 is 0 Å². The van der Waals surface area contributed by atoms with Crippen molar-refractivity contribution in [3.63, 3.8) is 0 Å². The van der Waals surface area contributed by atoms with Crippen molar-refractivity contribution >= 4 is 30.9 Å². The van der Waals surface area contributed by atoms with Crippen molar-refractivity contribution < 1.29 is 19.0 Å². The number of hydrazine groups is 1. The summed E-state index contributed by atoms with van der Waals surface area (Å²) in [6.07, 6.45) is 0. The van der Waals surface area contributed by atoms with Crippen molar-refractivity contribution in [2.45, 2.75) is 6.92 Å². The molecule has 0 saturated carbocycles. The molecule has 1 aliphatic rings. The number of anilines is 2. The highest BCUT2D eigenvalue weighted by Gasteiger charge is 2.18. The molecule has 1 saturated heterocycles. The van der Waals surface area contributed by atoms with Crippen LogP contribution in [0.15, 0.2) is 24.3 Å². The first-order valence-electron chi connectivity index (χ1n) is 8.10. The second-order valence-electron chi connectivity index (χ2n) is 5.91. The van der Waals surface area contributed by atoms with E-state index in [0.29, 0.717) is 37.3 Å². The third-order valence-corrected chi connectivity index (χ3v) is 4.01. The zero-order valence-corrected chi connectivity index (χ0v) is 14.3. The number of pyridine rings is 1. The SMILES string of the molecule is [B]c1cc(C)c(O)c(C(=O)NNc2ccc(F)c(N3CCOCC3)n2)c1. The molecule has 7 nitrogen and oxygen atoms in total. The van der Waals surface area contributed by atoms with Gasteiger partial charge in [0, 0.05) is 13.1 Å². The minimum atomic E-state index is -0.586. The topological polar surface area (TPSA) is 86.7 Å². The first-order valence-corrected chi connectivity index (χ1v) is 8.10. The number of morpholine rings is 1. The van der Waals surface area contributed by atoms with E-state index in [0.717, 1.165) is 0 Å². The van der Waals surface area contributed by atoms with E-state index in [1.807, 2.05) is 0 Å². The highest BCUT2D eigenvalue weighted by Crippen LogP contribution is 2.21. The molecule has 0 bridgehead atoms. The maximum Gasteiger partial charge on any atom is 0.273 e. The van der Waals surface area contributed by atoms with Gasteiger partial charge in [-0.05, 0) is 24.6 Å². The van der Waals surface area contributed by atoms with E-state index in [1.165, 1.54) is 18.2 Å². The molecule has 1 aromatic carbocycles. The van der Waals surface area contributed by atoms with Crippen LogP contribution in [-0.4, -0.2) is 50.1 Å². The summed E-state index contributed by atoms with van der Waals surface area (Å²) in [4.78, 5) is 18.3. The van der Waals surface area contributed by atoms with Gasteiger partial charge in [0.25, 0.3) is 5.91 Å². The predicted octanol–water partition coefficient (Wildman–Crippen LogP) is 0.622. The van der Waals surface area contributed by atoms with Gasteiger partial charge in [0.2, 0.25) is 0 Å². The monoisotopic (exact) mass is 356 g/mol. The Morgan fingerprint density at radius 3 is 2.81 bits per heavy atom. The molecule has 0 spiro atoms. The first kappa shape index (κ1) is 18.0. The van der Waals surface area contributed by atoms with Crippen LogP contribution in [0.25, 0.3) is 0 Å². The minimum absolute atomic E-state index is 0.0329. The number of hydrogen-bond donors (Lipinski definition) is 3. The third-order valence-electron chi connectivity index (χ3n) is 4.01. The maximum absolute atomic E-state index is 14.1. The quantitative estimate of drug-likeness (QED) is 0.550. The Kier molecular flexibility index (Phi) is 5.27. The van der Waals surface area contributed by atoms with Crippen LogP contribution >= 0.6 is 0 Å². The van der Waals surface area contributed by atoms with Crippen molar-refractivity contribution in [1.29, 1.82) is 0 Å². The number of rotatable bonds is 4. The normalized spacial score (nSPS) is 14.2. The summed E-state index contributed by atoms with van der Waals surface area (Å²) in [5.74, 6) is -0.735. The number of phenolic OH excluding ortho intramolecular Hbond substituents is 1. The van der Waals surface area contributed by atoms with Crippen molar-refractivity contribution in [3.8, 4) is 5.75 Å². The summed E-state index contributed by atoms with van der Waals surface area (Å²) in [6, 6.07) is 5.62. The van der Waals surface area contributed by atoms with Gasteiger partial charge in [-0.2, -0.15) is 0 Å². The summed E-state index contributed by atoms with van der Waals surface area (Å²) < 4.78 is 19.3. The molecule has 0 unspecified atom stereocenters. The van der Waals surface area contributed by atoms with Crippen LogP contribution in [0.5, 0.6) is 5.75 Å². The second kappa shape index (κ2) is 7.61. The number of halogens is 1. The number of phenols is 1. The number of amides is 1. The number of nitrogens with zero attached hydrogens (tertiary/aromatic N) is 2. The van der Waals surface area contributed by atoms with Crippen LogP contribution in [0.3, 0.4) is 0 Å². The number of ether oxygens (including phenoxy) is 1. The summed E-state index contributed by atoms with van der Waals surface area (Å²) in [6.45, 7) is 3.73. The fourth-order valence-electron chi connectivity index (χ4n) is 2.67. The van der Waals surface area contributed by atoms with Gasteiger partial charge in [-0.15, -0.1) is 0 Å². The second-order valence-corrected chi connectivity index (χ2v) is 5.91. The van der Waals surface area contributed by atoms with E-state index in [9.17, 15) is 14.3 Å². The Morgan fingerprint density at radius 1 is 1.35 bits per heavy atom. The fraction of sp³-hybridized carbons (Fsp3) is 0.294. The van der Waals surface area contributed by atoms with Gasteiger partial charge in [-0.1, -0.05) is 17.6 Å². The summed E-state index contributed by atoms with van der Waals surface area (Å²) in [5, 5.41) is 10.0. The molecule has 3 rings (SSSR count). The number of aromatic hydroxyl groups is 1. The molecule has 2 heterocycles. The van der Waals surface area contributed by atoms with Gasteiger partial charge in [0.15, 0.2) is 11.6 Å². The van der Waals surface area contributed by atoms with Gasteiger partial charge in [-0.3, -0.25) is 15.6 Å². The van der Waals surface area contributed by atoms with Crippen molar-refractivity contribution in [1.82, 2.24) is 10.4 Å². The average molecular weight is 356 g/mol. The molecule has 2 aromatic rings. The molecular weight excluding hydrogens is 338 g/mol. The average Bonchev–Trinajstić information content (AvgIpc) is 2.64. The zero-order chi connectivity index (χ0) is 18.7. The number of nitrogens with one attached hydrogen (secondary N) is 2. The molecule has 1 aliphatic heterocycles. The maximum atomic E-state index is 14.1. The summed E-state index contributed by atoms with van der Waals surface area (Å²) in [7, 11) is 5.71. The number of benzene rings is 1. The fourth-order valence-corrected chi connectivity index (χ4v) is 2.67. The lowest BCUT2D eigenvalue weighted by molar-refractivity contribution is 0.0960. The number of carbonyl (C=O) groups is 1. The Hall–Kier alpha value is -2.81. The molecule has 2 radical (unpaired) electrons. The van der Waals surface area contributed by atoms with Crippen LogP contribution in [0.2, 0.25) is 0 Å². The molecule has 26 heavy (non-hydrogen) atoms. The Balaban J connectivity index is 1.73. The largest absolute Gasteiger partial charge is 0.507 e. The lowest BCUT2D eigenvalue weighted by atomic mass is 9.91. The van der Waals surface area contributed by atoms with Crippen LogP contribution in [0.4, 0.5) is 16.0 Å². The molecule has 9 heteroatoms. The molecule has 1 amide bonds. The van der Waals surface area contributed by atoms with Crippen molar-refractivity contribution in [2.75, 3.05) is 36.6 Å². The molecular formula is C17H18BFN4O3. The molecule has 1 fully saturated rings. The number of carbonyl (C=O) groups excluding carboxylic acids is 1. The van der Waals surface area contributed by atoms with Crippen LogP contribution < -0.4 is 21.2 Å². The van der Waals surface area contributed by atoms with E-state index in [2.05, 4.69) is 15.8 Å². The summed E-state index contributed by atoms with van der Waals surface area (Å²) >= 11 is 0. The number of aryl methyl sites for hydroxylation is 1. The standard InChI is InChI=1S/C17H18BFN4O3/c1-10-8-11(18)9-12(15(10)24)17(25)22-21-14-3-2-13(19)16(20-14)23-4-6-26-7-5-23/h2-3,8-9,24H,4-7H2,1H3,(H,20,21)(H,22,25). The molecule has 0 atom stereocenters. The highest BCUT2D eigenvalue weighted by atomic mass is 19.1. The van der Waals surface area contributed by atoms with E-state index in [-0.39, 0.29) is 22.9 Å². The lowest BCUT2D eigenvalue weighted by Gasteiger charge is -2.28. The molecule has 134 valence electrons. The van der Waals surface area contributed by atoms with Crippen LogP contribution in [-0.2, 0) is 4.74 Å². The van der Waals surface area contributed by atoms with Gasteiger partial charge in [-0.25, -0.2) is 9.37 Å². The van der Waals surface area contributed by atoms with Gasteiger partial charge in [0.1, 0.15) is 19.4 Å². The Morgan fingerprint density at radius 2 is 2.08 bits per heavy atom. The third kappa shape index (κ3) is 3.88.